The molecule has 2 aromatic carbocycles. The summed E-state index contributed by atoms with van der Waals surface area (Å²) in [5, 5.41) is 0.758. The fourth-order valence-corrected chi connectivity index (χ4v) is 3.00. The average molecular weight is 355 g/mol. The quantitative estimate of drug-likeness (QED) is 0.866. The second kappa shape index (κ2) is 6.61. The maximum absolute atomic E-state index is 6.31. The number of hydrogen-bond donors (Lipinski definition) is 1. The Balaban J connectivity index is 2.21. The maximum atomic E-state index is 6.31. The Bertz CT molecular complexity index is 615. The summed E-state index contributed by atoms with van der Waals surface area (Å²) in [7, 11) is 1.65. The molecule has 1 unspecified atom stereocenters. The highest BCUT2D eigenvalue weighted by Crippen LogP contribution is 2.29. The van der Waals surface area contributed by atoms with E-state index < -0.39 is 0 Å². The van der Waals surface area contributed by atoms with E-state index >= 15 is 0 Å². The largest absolute Gasteiger partial charge is 0.496 e. The smallest absolute Gasteiger partial charge is 0.133 e. The third-order valence-electron chi connectivity index (χ3n) is 3.38. The number of halogens is 2. The lowest BCUT2D eigenvalue weighted by Gasteiger charge is -2.16. The van der Waals surface area contributed by atoms with Gasteiger partial charge in [-0.3, -0.25) is 0 Å². The molecule has 2 N–H and O–H groups in total. The Hall–Kier alpha value is -1.03. The first kappa shape index (κ1) is 15.4. The molecule has 0 amide bonds. The minimum atomic E-state index is -0.0750. The molecule has 0 spiro atoms. The van der Waals surface area contributed by atoms with Gasteiger partial charge in [-0.15, -0.1) is 0 Å². The van der Waals surface area contributed by atoms with Crippen LogP contribution in [-0.4, -0.2) is 7.11 Å². The summed E-state index contributed by atoms with van der Waals surface area (Å²) in [6, 6.07) is 11.8. The summed E-state index contributed by atoms with van der Waals surface area (Å²) in [6.45, 7) is 2.00. The molecule has 20 heavy (non-hydrogen) atoms. The van der Waals surface area contributed by atoms with Crippen molar-refractivity contribution in [3.63, 3.8) is 0 Å². The molecule has 0 aliphatic rings. The van der Waals surface area contributed by atoms with Crippen molar-refractivity contribution in [1.82, 2.24) is 0 Å². The number of nitrogens with two attached hydrogens (primary N) is 1. The minimum absolute atomic E-state index is 0.0750. The lowest BCUT2D eigenvalue weighted by molar-refractivity contribution is 0.412. The SMILES string of the molecule is COc1ccc(CC(N)c2cccc(Cl)c2C)cc1Br. The molecule has 0 aliphatic carbocycles. The van der Waals surface area contributed by atoms with Crippen LogP contribution in [0.2, 0.25) is 5.02 Å². The monoisotopic (exact) mass is 353 g/mol. The zero-order valence-electron chi connectivity index (χ0n) is 11.5. The number of ether oxygens (including phenoxy) is 1. The molecule has 0 aliphatic heterocycles. The average Bonchev–Trinajstić information content (AvgIpc) is 2.42. The Labute approximate surface area is 133 Å². The zero-order chi connectivity index (χ0) is 14.7. The molecule has 0 bridgehead atoms. The number of hydrogen-bond acceptors (Lipinski definition) is 2. The Morgan fingerprint density at radius 1 is 1.30 bits per heavy atom. The van der Waals surface area contributed by atoms with Gasteiger partial charge in [0.15, 0.2) is 0 Å². The molecule has 0 aromatic heterocycles. The van der Waals surface area contributed by atoms with E-state index in [2.05, 4.69) is 15.9 Å². The van der Waals surface area contributed by atoms with E-state index in [0.717, 1.165) is 38.4 Å². The molecule has 0 saturated carbocycles. The van der Waals surface area contributed by atoms with E-state index in [0.29, 0.717) is 0 Å². The lowest BCUT2D eigenvalue weighted by atomic mass is 9.96. The molecular formula is C16H17BrClNO. The predicted molar refractivity (Wildman–Crippen MR) is 87.5 cm³/mol. The van der Waals surface area contributed by atoms with Crippen molar-refractivity contribution in [1.29, 1.82) is 0 Å². The fourth-order valence-electron chi connectivity index (χ4n) is 2.23. The molecule has 0 radical (unpaired) electrons. The highest BCUT2D eigenvalue weighted by Gasteiger charge is 2.12. The van der Waals surface area contributed by atoms with E-state index in [1.165, 1.54) is 0 Å². The van der Waals surface area contributed by atoms with Crippen molar-refractivity contribution < 1.29 is 4.74 Å². The van der Waals surface area contributed by atoms with Gasteiger partial charge in [0.2, 0.25) is 0 Å². The second-order valence-corrected chi connectivity index (χ2v) is 6.00. The molecule has 106 valence electrons. The van der Waals surface area contributed by atoms with Gasteiger partial charge in [0.05, 0.1) is 11.6 Å². The van der Waals surface area contributed by atoms with Gasteiger partial charge in [0.25, 0.3) is 0 Å². The fraction of sp³-hybridized carbons (Fsp3) is 0.250. The van der Waals surface area contributed by atoms with Crippen LogP contribution in [0.5, 0.6) is 5.75 Å². The minimum Gasteiger partial charge on any atom is -0.496 e. The standard InChI is InChI=1S/C16H17BrClNO/c1-10-12(4-3-5-14(10)18)15(19)9-11-6-7-16(20-2)13(17)8-11/h3-8,15H,9,19H2,1-2H3. The van der Waals surface area contributed by atoms with Crippen LogP contribution in [0.4, 0.5) is 0 Å². The van der Waals surface area contributed by atoms with E-state index in [4.69, 9.17) is 22.1 Å². The molecule has 1 atom stereocenters. The molecule has 2 rings (SSSR count). The lowest BCUT2D eigenvalue weighted by Crippen LogP contribution is -2.14. The van der Waals surface area contributed by atoms with Crippen LogP contribution < -0.4 is 10.5 Å². The zero-order valence-corrected chi connectivity index (χ0v) is 13.8. The topological polar surface area (TPSA) is 35.2 Å². The van der Waals surface area contributed by atoms with Gasteiger partial charge in [-0.1, -0.05) is 29.8 Å². The Kier molecular flexibility index (Phi) is 5.08. The van der Waals surface area contributed by atoms with Crippen molar-refractivity contribution in [2.75, 3.05) is 7.11 Å². The van der Waals surface area contributed by atoms with Crippen LogP contribution in [0.3, 0.4) is 0 Å². The summed E-state index contributed by atoms with van der Waals surface area (Å²) < 4.78 is 6.17. The van der Waals surface area contributed by atoms with Crippen LogP contribution in [0.15, 0.2) is 40.9 Å². The van der Waals surface area contributed by atoms with Crippen LogP contribution in [0.25, 0.3) is 0 Å². The van der Waals surface area contributed by atoms with Gasteiger partial charge in [-0.05, 0) is 64.2 Å². The van der Waals surface area contributed by atoms with Crippen molar-refractivity contribution in [3.8, 4) is 5.75 Å². The Morgan fingerprint density at radius 2 is 2.05 bits per heavy atom. The van der Waals surface area contributed by atoms with Crippen LogP contribution in [0.1, 0.15) is 22.7 Å². The first-order chi connectivity index (χ1) is 9.52. The molecular weight excluding hydrogens is 338 g/mol. The van der Waals surface area contributed by atoms with Crippen molar-refractivity contribution in [2.45, 2.75) is 19.4 Å². The molecule has 0 fully saturated rings. The highest BCUT2D eigenvalue weighted by atomic mass is 79.9. The van der Waals surface area contributed by atoms with E-state index in [1.54, 1.807) is 7.11 Å². The van der Waals surface area contributed by atoms with E-state index in [-0.39, 0.29) is 6.04 Å². The van der Waals surface area contributed by atoms with Crippen molar-refractivity contribution in [3.05, 3.63) is 62.6 Å². The summed E-state index contributed by atoms with van der Waals surface area (Å²) in [6.07, 6.45) is 0.754. The van der Waals surface area contributed by atoms with Crippen molar-refractivity contribution >= 4 is 27.5 Å². The normalized spacial score (nSPS) is 12.2. The van der Waals surface area contributed by atoms with Crippen molar-refractivity contribution in [2.24, 2.45) is 5.73 Å². The first-order valence-electron chi connectivity index (χ1n) is 6.36. The molecule has 4 heteroatoms. The van der Waals surface area contributed by atoms with Crippen LogP contribution in [-0.2, 0) is 6.42 Å². The molecule has 2 aromatic rings. The third-order valence-corrected chi connectivity index (χ3v) is 4.41. The van der Waals surface area contributed by atoms with Gasteiger partial charge in [0.1, 0.15) is 5.75 Å². The molecule has 0 heterocycles. The molecule has 0 saturated heterocycles. The van der Waals surface area contributed by atoms with Crippen LogP contribution in [0, 0.1) is 6.92 Å². The maximum Gasteiger partial charge on any atom is 0.133 e. The number of rotatable bonds is 4. The van der Waals surface area contributed by atoms with Gasteiger partial charge in [-0.2, -0.15) is 0 Å². The van der Waals surface area contributed by atoms with Gasteiger partial charge in [0, 0.05) is 11.1 Å². The highest BCUT2D eigenvalue weighted by molar-refractivity contribution is 9.10. The predicted octanol–water partition coefficient (Wildman–Crippen LogP) is 4.66. The first-order valence-corrected chi connectivity index (χ1v) is 7.53. The van der Waals surface area contributed by atoms with E-state index in [9.17, 15) is 0 Å². The van der Waals surface area contributed by atoms with Gasteiger partial charge in [-0.25, -0.2) is 0 Å². The summed E-state index contributed by atoms with van der Waals surface area (Å²) in [5.74, 6) is 0.821. The summed E-state index contributed by atoms with van der Waals surface area (Å²) in [4.78, 5) is 0. The third kappa shape index (κ3) is 3.35. The van der Waals surface area contributed by atoms with Gasteiger partial charge >= 0.3 is 0 Å². The Morgan fingerprint density at radius 3 is 2.70 bits per heavy atom. The summed E-state index contributed by atoms with van der Waals surface area (Å²) in [5.41, 5.74) is 9.61. The van der Waals surface area contributed by atoms with Gasteiger partial charge < -0.3 is 10.5 Å². The second-order valence-electron chi connectivity index (χ2n) is 4.73. The number of methoxy groups -OCH3 is 1. The van der Waals surface area contributed by atoms with Crippen LogP contribution >= 0.6 is 27.5 Å². The number of benzene rings is 2. The summed E-state index contributed by atoms with van der Waals surface area (Å²) >= 11 is 9.64. The van der Waals surface area contributed by atoms with E-state index in [1.807, 2.05) is 43.3 Å². The molecule has 2 nitrogen and oxygen atoms in total.